The molecule has 0 aliphatic rings. The molecule has 2 heterocycles. The fourth-order valence-corrected chi connectivity index (χ4v) is 2.85. The summed E-state index contributed by atoms with van der Waals surface area (Å²) in [6.07, 6.45) is 3.23. The van der Waals surface area contributed by atoms with Crippen molar-refractivity contribution in [1.82, 2.24) is 19.4 Å². The van der Waals surface area contributed by atoms with Gasteiger partial charge < -0.3 is 19.4 Å². The van der Waals surface area contributed by atoms with Gasteiger partial charge in [0.25, 0.3) is 5.56 Å². The minimum atomic E-state index is -0.344. The smallest absolute Gasteiger partial charge is 0.330 e. The average molecular weight is 396 g/mol. The summed E-state index contributed by atoms with van der Waals surface area (Å²) in [5, 5.41) is 3.22. The second-order valence-electron chi connectivity index (χ2n) is 6.52. The molecule has 152 valence electrons. The molecule has 1 N–H and O–H groups in total. The Balaban J connectivity index is 1.62. The van der Waals surface area contributed by atoms with Crippen molar-refractivity contribution < 1.29 is 9.47 Å². The van der Waals surface area contributed by atoms with E-state index in [-0.39, 0.29) is 11.2 Å². The first-order valence-corrected chi connectivity index (χ1v) is 9.30. The second kappa shape index (κ2) is 9.20. The predicted molar refractivity (Wildman–Crippen MR) is 109 cm³/mol. The topological polar surface area (TPSA) is 87.4 Å². The first-order valence-electron chi connectivity index (χ1n) is 9.30. The van der Waals surface area contributed by atoms with Crippen molar-refractivity contribution in [3.63, 3.8) is 0 Å². The Bertz CT molecular complexity index is 1090. The van der Waals surface area contributed by atoms with E-state index in [1.165, 1.54) is 11.6 Å². The molecule has 3 aromatic rings. The minimum absolute atomic E-state index is 0.296. The van der Waals surface area contributed by atoms with Gasteiger partial charge in [-0.3, -0.25) is 9.36 Å². The van der Waals surface area contributed by atoms with Gasteiger partial charge >= 0.3 is 5.69 Å². The van der Waals surface area contributed by atoms with Crippen molar-refractivity contribution in [1.29, 1.82) is 0 Å². The number of rotatable bonds is 8. The monoisotopic (exact) mass is 396 g/mol. The van der Waals surface area contributed by atoms with Crippen LogP contribution in [-0.2, 0) is 27.2 Å². The summed E-state index contributed by atoms with van der Waals surface area (Å²) in [5.41, 5.74) is 0.843. The molecule has 8 heteroatoms. The number of aryl methyl sites for hydroxylation is 1. The highest BCUT2D eigenvalue weighted by Gasteiger charge is 2.07. The number of benzene rings is 1. The number of pyridine rings is 1. The van der Waals surface area contributed by atoms with Gasteiger partial charge in [-0.15, -0.1) is 0 Å². The quantitative estimate of drug-likeness (QED) is 0.626. The van der Waals surface area contributed by atoms with Crippen LogP contribution in [0.3, 0.4) is 0 Å². The summed E-state index contributed by atoms with van der Waals surface area (Å²) in [5.74, 6) is 1.93. The van der Waals surface area contributed by atoms with Crippen molar-refractivity contribution in [3.05, 3.63) is 80.8 Å². The number of hydrogen-bond donors (Lipinski definition) is 1. The lowest BCUT2D eigenvalue weighted by Crippen LogP contribution is -2.39. The van der Waals surface area contributed by atoms with Crippen LogP contribution >= 0.6 is 0 Å². The van der Waals surface area contributed by atoms with Gasteiger partial charge in [0.15, 0.2) is 0 Å². The van der Waals surface area contributed by atoms with Crippen molar-refractivity contribution in [2.24, 2.45) is 14.1 Å². The molecule has 0 saturated heterocycles. The molecule has 0 saturated carbocycles. The fourth-order valence-electron chi connectivity index (χ4n) is 2.85. The van der Waals surface area contributed by atoms with E-state index < -0.39 is 0 Å². The minimum Gasteiger partial charge on any atom is -0.494 e. The third kappa shape index (κ3) is 5.11. The molecule has 2 aromatic heterocycles. The number of aromatic nitrogens is 3. The standard InChI is InChI=1S/C21H24N4O4/c1-4-28-17-5-7-18(8-6-17)29-19-11-15(9-10-23-19)12-22-13-16-14-24(2)21(27)25(3)20(16)26/h5-11,14,22H,4,12-13H2,1-3H3. The largest absolute Gasteiger partial charge is 0.494 e. The molecule has 29 heavy (non-hydrogen) atoms. The van der Waals surface area contributed by atoms with Gasteiger partial charge in [0, 0.05) is 51.2 Å². The van der Waals surface area contributed by atoms with Crippen LogP contribution < -0.4 is 26.0 Å². The van der Waals surface area contributed by atoms with E-state index in [9.17, 15) is 9.59 Å². The molecule has 0 aliphatic heterocycles. The third-order valence-electron chi connectivity index (χ3n) is 4.32. The Labute approximate surface area is 168 Å². The predicted octanol–water partition coefficient (Wildman–Crippen LogP) is 1.96. The maximum Gasteiger partial charge on any atom is 0.330 e. The summed E-state index contributed by atoms with van der Waals surface area (Å²) >= 11 is 0. The highest BCUT2D eigenvalue weighted by atomic mass is 16.5. The highest BCUT2D eigenvalue weighted by molar-refractivity contribution is 5.34. The zero-order valence-electron chi connectivity index (χ0n) is 16.7. The molecule has 3 rings (SSSR count). The number of ether oxygens (including phenoxy) is 2. The first kappa shape index (κ1) is 20.3. The number of nitrogens with zero attached hydrogens (tertiary/aromatic N) is 3. The van der Waals surface area contributed by atoms with E-state index in [2.05, 4.69) is 10.3 Å². The van der Waals surface area contributed by atoms with Crippen LogP contribution in [-0.4, -0.2) is 20.7 Å². The molecule has 0 atom stereocenters. The van der Waals surface area contributed by atoms with Gasteiger partial charge in [0.05, 0.1) is 6.61 Å². The van der Waals surface area contributed by atoms with E-state index in [0.717, 1.165) is 15.9 Å². The van der Waals surface area contributed by atoms with Crippen molar-refractivity contribution in [2.75, 3.05) is 6.61 Å². The van der Waals surface area contributed by atoms with E-state index >= 15 is 0 Å². The Hall–Kier alpha value is -3.39. The molecule has 0 fully saturated rings. The fraction of sp³-hybridized carbons (Fsp3) is 0.286. The average Bonchev–Trinajstić information content (AvgIpc) is 2.72. The molecule has 0 aliphatic carbocycles. The zero-order chi connectivity index (χ0) is 20.8. The van der Waals surface area contributed by atoms with Gasteiger partial charge in [-0.2, -0.15) is 0 Å². The normalized spacial score (nSPS) is 10.7. The molecule has 0 amide bonds. The molecule has 0 bridgehead atoms. The molecule has 0 radical (unpaired) electrons. The van der Waals surface area contributed by atoms with Crippen molar-refractivity contribution >= 4 is 0 Å². The lowest BCUT2D eigenvalue weighted by molar-refractivity contribution is 0.339. The summed E-state index contributed by atoms with van der Waals surface area (Å²) in [6.45, 7) is 3.42. The van der Waals surface area contributed by atoms with Gasteiger partial charge in [0.1, 0.15) is 11.5 Å². The van der Waals surface area contributed by atoms with E-state index in [1.54, 1.807) is 19.4 Å². The maximum absolute atomic E-state index is 12.2. The first-order chi connectivity index (χ1) is 14.0. The third-order valence-corrected chi connectivity index (χ3v) is 4.32. The van der Waals surface area contributed by atoms with Crippen LogP contribution in [0.2, 0.25) is 0 Å². The van der Waals surface area contributed by atoms with Gasteiger partial charge in [0.2, 0.25) is 5.88 Å². The van der Waals surface area contributed by atoms with Crippen LogP contribution in [0, 0.1) is 0 Å². The summed E-state index contributed by atoms with van der Waals surface area (Å²) in [6, 6.07) is 11.1. The summed E-state index contributed by atoms with van der Waals surface area (Å²) in [4.78, 5) is 28.2. The van der Waals surface area contributed by atoms with E-state index in [1.807, 2.05) is 43.3 Å². The van der Waals surface area contributed by atoms with Gasteiger partial charge in [-0.05, 0) is 42.8 Å². The number of nitrogens with one attached hydrogen (secondary N) is 1. The molecule has 8 nitrogen and oxygen atoms in total. The Morgan fingerprint density at radius 3 is 2.48 bits per heavy atom. The van der Waals surface area contributed by atoms with Crippen molar-refractivity contribution in [2.45, 2.75) is 20.0 Å². The van der Waals surface area contributed by atoms with Crippen LogP contribution in [0.15, 0.2) is 58.4 Å². The summed E-state index contributed by atoms with van der Waals surface area (Å²) in [7, 11) is 3.10. The van der Waals surface area contributed by atoms with Crippen LogP contribution in [0.5, 0.6) is 17.4 Å². The zero-order valence-corrected chi connectivity index (χ0v) is 16.7. The Kier molecular flexibility index (Phi) is 6.46. The highest BCUT2D eigenvalue weighted by Crippen LogP contribution is 2.23. The molecule has 0 spiro atoms. The Morgan fingerprint density at radius 2 is 1.76 bits per heavy atom. The lowest BCUT2D eigenvalue weighted by Gasteiger charge is -2.10. The lowest BCUT2D eigenvalue weighted by atomic mass is 10.2. The van der Waals surface area contributed by atoms with E-state index in [0.29, 0.717) is 36.9 Å². The molecular formula is C21H24N4O4. The van der Waals surface area contributed by atoms with Crippen molar-refractivity contribution in [3.8, 4) is 17.4 Å². The molecule has 0 unspecified atom stereocenters. The van der Waals surface area contributed by atoms with Gasteiger partial charge in [-0.1, -0.05) is 0 Å². The van der Waals surface area contributed by atoms with Crippen LogP contribution in [0.1, 0.15) is 18.1 Å². The maximum atomic E-state index is 12.2. The SMILES string of the molecule is CCOc1ccc(Oc2cc(CNCc3cn(C)c(=O)n(C)c3=O)ccn2)cc1. The van der Waals surface area contributed by atoms with Gasteiger partial charge in [-0.25, -0.2) is 9.78 Å². The van der Waals surface area contributed by atoms with Crippen LogP contribution in [0.4, 0.5) is 0 Å². The van der Waals surface area contributed by atoms with Crippen LogP contribution in [0.25, 0.3) is 0 Å². The summed E-state index contributed by atoms with van der Waals surface area (Å²) < 4.78 is 13.7. The molecule has 1 aromatic carbocycles. The second-order valence-corrected chi connectivity index (χ2v) is 6.52. The Morgan fingerprint density at radius 1 is 1.03 bits per heavy atom. The number of hydrogen-bond acceptors (Lipinski definition) is 6. The van der Waals surface area contributed by atoms with E-state index in [4.69, 9.17) is 9.47 Å². The molecular weight excluding hydrogens is 372 g/mol.